The van der Waals surface area contributed by atoms with Crippen LogP contribution in [0.1, 0.15) is 56.4 Å². The van der Waals surface area contributed by atoms with Crippen molar-refractivity contribution in [2.75, 3.05) is 5.75 Å². The van der Waals surface area contributed by atoms with Crippen molar-refractivity contribution in [2.24, 2.45) is 29.1 Å². The molecule has 0 unspecified atom stereocenters. The lowest BCUT2D eigenvalue weighted by Gasteiger charge is -2.55. The molecule has 146 valence electrons. The van der Waals surface area contributed by atoms with E-state index in [0.717, 1.165) is 43.4 Å². The van der Waals surface area contributed by atoms with Crippen LogP contribution in [0, 0.1) is 29.1 Å². The summed E-state index contributed by atoms with van der Waals surface area (Å²) in [5.74, 6) is 1.45. The lowest BCUT2D eigenvalue weighted by atomic mass is 9.48. The number of hydrogen-bond donors (Lipinski definition) is 0. The first kappa shape index (κ1) is 17.9. The molecule has 1 heterocycles. The predicted octanol–water partition coefficient (Wildman–Crippen LogP) is 2.62. The molecule has 5 aliphatic carbocycles. The van der Waals surface area contributed by atoms with E-state index in [4.69, 9.17) is 0 Å². The van der Waals surface area contributed by atoms with Crippen molar-refractivity contribution in [1.82, 2.24) is 10.2 Å². The first-order chi connectivity index (χ1) is 12.8. The van der Waals surface area contributed by atoms with Crippen molar-refractivity contribution < 1.29 is 18.0 Å². The third-order valence-electron chi connectivity index (χ3n) is 7.02. The number of carbonyl (C=O) groups is 2. The van der Waals surface area contributed by atoms with Gasteiger partial charge in [-0.3, -0.25) is 9.59 Å². The first-order valence-corrected chi connectivity index (χ1v) is 12.4. The van der Waals surface area contributed by atoms with Crippen molar-refractivity contribution in [3.8, 4) is 0 Å². The van der Waals surface area contributed by atoms with Crippen LogP contribution in [-0.2, 0) is 25.8 Å². The molecule has 0 radical (unpaired) electrons. The second-order valence-electron chi connectivity index (χ2n) is 9.26. The monoisotopic (exact) mass is 408 g/mol. The molecule has 5 aliphatic rings. The minimum absolute atomic E-state index is 0.111. The largest absolute Gasteiger partial charge is 0.299 e. The summed E-state index contributed by atoms with van der Waals surface area (Å²) in [6.07, 6.45) is 8.24. The zero-order valence-electron chi connectivity index (χ0n) is 15.2. The SMILES string of the molecule is O=C(Cc1nnc(S(=O)(=O)CC(=O)C23CC4CC(CC(C4)C2)C3)s1)C1CC1. The summed E-state index contributed by atoms with van der Waals surface area (Å²) in [5.41, 5.74) is -0.419. The molecule has 6 nitrogen and oxygen atoms in total. The fraction of sp³-hybridized carbons (Fsp3) is 0.789. The Morgan fingerprint density at radius 3 is 2.15 bits per heavy atom. The first-order valence-electron chi connectivity index (χ1n) is 9.94. The van der Waals surface area contributed by atoms with E-state index in [9.17, 15) is 18.0 Å². The molecule has 0 aromatic carbocycles. The number of Topliss-reactive ketones (excluding diaryl/α,β-unsaturated/α-hetero) is 2. The van der Waals surface area contributed by atoms with Gasteiger partial charge in [-0.2, -0.15) is 0 Å². The van der Waals surface area contributed by atoms with Crippen molar-refractivity contribution >= 4 is 32.7 Å². The second kappa shape index (κ2) is 6.17. The van der Waals surface area contributed by atoms with E-state index in [1.807, 2.05) is 0 Å². The molecule has 27 heavy (non-hydrogen) atoms. The van der Waals surface area contributed by atoms with Crippen LogP contribution in [0.2, 0.25) is 0 Å². The Labute approximate surface area is 163 Å². The van der Waals surface area contributed by atoms with Crippen LogP contribution in [0.5, 0.6) is 0 Å². The van der Waals surface area contributed by atoms with Crippen molar-refractivity contribution in [2.45, 2.75) is 62.1 Å². The fourth-order valence-electron chi connectivity index (χ4n) is 5.97. The zero-order chi connectivity index (χ0) is 18.8. The van der Waals surface area contributed by atoms with Crippen molar-refractivity contribution in [1.29, 1.82) is 0 Å². The average molecular weight is 409 g/mol. The van der Waals surface area contributed by atoms with Crippen LogP contribution in [-0.4, -0.2) is 35.9 Å². The Hall–Kier alpha value is -1.15. The van der Waals surface area contributed by atoms with Gasteiger partial charge in [-0.25, -0.2) is 8.42 Å². The van der Waals surface area contributed by atoms with Gasteiger partial charge in [-0.1, -0.05) is 11.3 Å². The molecule has 5 saturated carbocycles. The van der Waals surface area contributed by atoms with Gasteiger partial charge in [0.1, 0.15) is 16.5 Å². The van der Waals surface area contributed by atoms with Crippen LogP contribution < -0.4 is 0 Å². The molecule has 0 spiro atoms. The maximum absolute atomic E-state index is 13.1. The van der Waals surface area contributed by atoms with E-state index in [0.29, 0.717) is 22.8 Å². The van der Waals surface area contributed by atoms with Gasteiger partial charge in [-0.15, -0.1) is 10.2 Å². The molecule has 6 rings (SSSR count). The summed E-state index contributed by atoms with van der Waals surface area (Å²) in [5, 5.41) is 8.12. The van der Waals surface area contributed by atoms with E-state index < -0.39 is 21.0 Å². The lowest BCUT2D eigenvalue weighted by Crippen LogP contribution is -2.51. The minimum atomic E-state index is -3.79. The number of hydrogen-bond acceptors (Lipinski definition) is 7. The fourth-order valence-corrected chi connectivity index (χ4v) is 8.47. The highest BCUT2D eigenvalue weighted by atomic mass is 32.2. The highest BCUT2D eigenvalue weighted by Crippen LogP contribution is 2.60. The topological polar surface area (TPSA) is 94.1 Å². The smallest absolute Gasteiger partial charge is 0.233 e. The van der Waals surface area contributed by atoms with E-state index in [2.05, 4.69) is 10.2 Å². The van der Waals surface area contributed by atoms with E-state index in [1.54, 1.807) is 0 Å². The van der Waals surface area contributed by atoms with Crippen LogP contribution in [0.3, 0.4) is 0 Å². The summed E-state index contributed by atoms with van der Waals surface area (Å²) >= 11 is 0.949. The molecule has 1 aromatic heterocycles. The number of rotatable bonds is 7. The number of nitrogens with zero attached hydrogens (tertiary/aromatic N) is 2. The van der Waals surface area contributed by atoms with Gasteiger partial charge in [0.05, 0.1) is 6.42 Å². The summed E-state index contributed by atoms with van der Waals surface area (Å²) in [4.78, 5) is 25.0. The molecule has 0 atom stereocenters. The van der Waals surface area contributed by atoms with Gasteiger partial charge in [0, 0.05) is 11.3 Å². The molecule has 0 aliphatic heterocycles. The number of carbonyl (C=O) groups excluding carboxylic acids is 2. The van der Waals surface area contributed by atoms with Crippen LogP contribution in [0.15, 0.2) is 4.34 Å². The highest BCUT2D eigenvalue weighted by molar-refractivity contribution is 7.94. The molecular weight excluding hydrogens is 384 g/mol. The third-order valence-corrected chi connectivity index (χ3v) is 10.0. The van der Waals surface area contributed by atoms with E-state index >= 15 is 0 Å². The molecule has 5 fully saturated rings. The average Bonchev–Trinajstić information content (AvgIpc) is 3.33. The standard InChI is InChI=1S/C19H24N2O4S2/c22-15(14-1-2-14)6-17-20-21-18(26-17)27(24,25)10-16(23)19-7-11-3-12(8-19)5-13(4-11)9-19/h11-14H,1-10H2. The van der Waals surface area contributed by atoms with Gasteiger partial charge >= 0.3 is 0 Å². The van der Waals surface area contributed by atoms with E-state index in [-0.39, 0.29) is 28.2 Å². The maximum Gasteiger partial charge on any atom is 0.233 e. The Morgan fingerprint density at radius 2 is 1.59 bits per heavy atom. The van der Waals surface area contributed by atoms with Crippen molar-refractivity contribution in [3.63, 3.8) is 0 Å². The summed E-state index contributed by atoms with van der Waals surface area (Å²) in [6, 6.07) is 0. The quantitative estimate of drug-likeness (QED) is 0.688. The van der Waals surface area contributed by atoms with Crippen LogP contribution in [0.25, 0.3) is 0 Å². The number of aromatic nitrogens is 2. The van der Waals surface area contributed by atoms with Crippen LogP contribution >= 0.6 is 11.3 Å². The highest BCUT2D eigenvalue weighted by Gasteiger charge is 2.54. The normalized spacial score (nSPS) is 34.7. The molecule has 0 saturated heterocycles. The van der Waals surface area contributed by atoms with Gasteiger partial charge < -0.3 is 0 Å². The van der Waals surface area contributed by atoms with Gasteiger partial charge in [-0.05, 0) is 69.1 Å². The molecule has 0 N–H and O–H groups in total. The van der Waals surface area contributed by atoms with E-state index in [1.165, 1.54) is 19.3 Å². The Balaban J connectivity index is 1.30. The third kappa shape index (κ3) is 3.28. The molecule has 0 amide bonds. The Morgan fingerprint density at radius 1 is 1.00 bits per heavy atom. The number of sulfone groups is 1. The second-order valence-corrected chi connectivity index (χ2v) is 12.5. The van der Waals surface area contributed by atoms with Crippen LogP contribution in [0.4, 0.5) is 0 Å². The molecule has 4 bridgehead atoms. The zero-order valence-corrected chi connectivity index (χ0v) is 16.9. The summed E-state index contributed by atoms with van der Waals surface area (Å²) < 4.78 is 25.5. The summed E-state index contributed by atoms with van der Waals surface area (Å²) in [6.45, 7) is 0. The predicted molar refractivity (Wildman–Crippen MR) is 99.0 cm³/mol. The van der Waals surface area contributed by atoms with Gasteiger partial charge in [0.2, 0.25) is 14.2 Å². The molecule has 8 heteroatoms. The lowest BCUT2D eigenvalue weighted by molar-refractivity contribution is -0.141. The Bertz CT molecular complexity index is 865. The van der Waals surface area contributed by atoms with Gasteiger partial charge in [0.15, 0.2) is 5.78 Å². The number of ketones is 2. The molecular formula is C19H24N2O4S2. The summed E-state index contributed by atoms with van der Waals surface area (Å²) in [7, 11) is -3.79. The van der Waals surface area contributed by atoms with Gasteiger partial charge in [0.25, 0.3) is 0 Å². The maximum atomic E-state index is 13.1. The van der Waals surface area contributed by atoms with Crippen molar-refractivity contribution in [3.05, 3.63) is 5.01 Å². The minimum Gasteiger partial charge on any atom is -0.299 e. The Kier molecular flexibility index (Phi) is 4.10. The molecule has 1 aromatic rings.